The number of rotatable bonds is 1. The monoisotopic (exact) mass is 180 g/mol. The highest BCUT2D eigenvalue weighted by Crippen LogP contribution is 2.45. The number of hydrogen-bond acceptors (Lipinski definition) is 3. The van der Waals surface area contributed by atoms with Gasteiger partial charge >= 0.3 is 5.97 Å². The highest BCUT2D eigenvalue weighted by molar-refractivity contribution is 8.24. The average molecular weight is 180 g/mol. The molecule has 4 nitrogen and oxygen atoms in total. The summed E-state index contributed by atoms with van der Waals surface area (Å²) in [4.78, 5) is 10.4. The van der Waals surface area contributed by atoms with Gasteiger partial charge in [0.05, 0.1) is 5.92 Å². The van der Waals surface area contributed by atoms with Crippen LogP contribution in [0.2, 0.25) is 0 Å². The number of carbonyl (C=O) groups is 1. The second-order valence-corrected chi connectivity index (χ2v) is 5.24. The Balaban J connectivity index is 2.42. The van der Waals surface area contributed by atoms with E-state index in [4.69, 9.17) is 14.2 Å². The van der Waals surface area contributed by atoms with Gasteiger partial charge in [0.2, 0.25) is 0 Å². The molecule has 0 aliphatic carbocycles. The zero-order valence-corrected chi connectivity index (χ0v) is 6.88. The molecule has 1 aliphatic heterocycles. The number of carboxylic acids is 1. The van der Waals surface area contributed by atoms with E-state index in [0.717, 1.165) is 0 Å². The molecule has 1 heterocycles. The zero-order chi connectivity index (χ0) is 8.48. The van der Waals surface area contributed by atoms with E-state index in [2.05, 4.69) is 0 Å². The third kappa shape index (κ3) is 2.36. The van der Waals surface area contributed by atoms with Gasteiger partial charge in [0.1, 0.15) is 0 Å². The molecule has 11 heavy (non-hydrogen) atoms. The summed E-state index contributed by atoms with van der Waals surface area (Å²) in [5.41, 5.74) is 0. The van der Waals surface area contributed by atoms with Crippen LogP contribution in [0.5, 0.6) is 0 Å². The SMILES string of the molecule is O=C(O)C1CCS(O)(O)CC1. The van der Waals surface area contributed by atoms with Crippen molar-refractivity contribution in [1.82, 2.24) is 0 Å². The van der Waals surface area contributed by atoms with Gasteiger partial charge < -0.3 is 5.11 Å². The van der Waals surface area contributed by atoms with Gasteiger partial charge in [-0.2, -0.15) is 10.6 Å². The Morgan fingerprint density at radius 3 is 2.09 bits per heavy atom. The third-order valence-electron chi connectivity index (χ3n) is 1.94. The van der Waals surface area contributed by atoms with Crippen LogP contribution in [0.15, 0.2) is 0 Å². The van der Waals surface area contributed by atoms with Crippen LogP contribution in [0.3, 0.4) is 0 Å². The van der Waals surface area contributed by atoms with E-state index >= 15 is 0 Å². The van der Waals surface area contributed by atoms with Crippen molar-refractivity contribution in [1.29, 1.82) is 0 Å². The van der Waals surface area contributed by atoms with Crippen molar-refractivity contribution >= 4 is 16.6 Å². The quantitative estimate of drug-likeness (QED) is 0.567. The maximum atomic E-state index is 10.4. The first-order valence-corrected chi connectivity index (χ1v) is 5.36. The van der Waals surface area contributed by atoms with E-state index in [1.54, 1.807) is 0 Å². The fourth-order valence-electron chi connectivity index (χ4n) is 1.16. The van der Waals surface area contributed by atoms with Gasteiger partial charge in [-0.1, -0.05) is 0 Å². The van der Waals surface area contributed by atoms with E-state index in [-0.39, 0.29) is 17.4 Å². The molecule has 0 bridgehead atoms. The predicted octanol–water partition coefficient (Wildman–Crippen LogP) is 1.23. The van der Waals surface area contributed by atoms with Gasteiger partial charge in [-0.3, -0.25) is 13.9 Å². The normalized spacial score (nSPS) is 27.8. The Labute approximate surface area is 66.6 Å². The lowest BCUT2D eigenvalue weighted by Gasteiger charge is -2.37. The topological polar surface area (TPSA) is 77.8 Å². The fourth-order valence-corrected chi connectivity index (χ4v) is 2.68. The summed E-state index contributed by atoms with van der Waals surface area (Å²) in [7, 11) is -2.41. The summed E-state index contributed by atoms with van der Waals surface area (Å²) in [6, 6.07) is 0. The molecular weight excluding hydrogens is 168 g/mol. The maximum Gasteiger partial charge on any atom is 0.306 e. The van der Waals surface area contributed by atoms with Crippen LogP contribution in [0, 0.1) is 5.92 Å². The lowest BCUT2D eigenvalue weighted by atomic mass is 10.0. The second-order valence-electron chi connectivity index (χ2n) is 2.82. The summed E-state index contributed by atoms with van der Waals surface area (Å²) in [6.45, 7) is 0. The van der Waals surface area contributed by atoms with E-state index in [9.17, 15) is 4.79 Å². The molecule has 0 unspecified atom stereocenters. The van der Waals surface area contributed by atoms with E-state index in [1.807, 2.05) is 0 Å². The molecule has 1 aliphatic rings. The van der Waals surface area contributed by atoms with Crippen molar-refractivity contribution in [2.45, 2.75) is 12.8 Å². The van der Waals surface area contributed by atoms with Gasteiger partial charge in [-0.15, -0.1) is 0 Å². The molecule has 0 amide bonds. The minimum absolute atomic E-state index is 0.254. The van der Waals surface area contributed by atoms with Gasteiger partial charge in [-0.25, -0.2) is 0 Å². The Bertz CT molecular complexity index is 158. The molecule has 1 fully saturated rings. The molecule has 1 rings (SSSR count). The molecule has 0 aromatic carbocycles. The van der Waals surface area contributed by atoms with Gasteiger partial charge in [0, 0.05) is 11.5 Å². The van der Waals surface area contributed by atoms with Crippen molar-refractivity contribution in [3.8, 4) is 0 Å². The largest absolute Gasteiger partial charge is 0.481 e. The zero-order valence-electron chi connectivity index (χ0n) is 6.06. The number of carboxylic acid groups (broad SMARTS) is 1. The Morgan fingerprint density at radius 2 is 1.73 bits per heavy atom. The fraction of sp³-hybridized carbons (Fsp3) is 0.833. The summed E-state index contributed by atoms with van der Waals surface area (Å²) in [5, 5.41) is 8.55. The minimum atomic E-state index is -2.41. The second kappa shape index (κ2) is 3.00. The Hall–Kier alpha value is -0.260. The van der Waals surface area contributed by atoms with E-state index in [0.29, 0.717) is 12.8 Å². The van der Waals surface area contributed by atoms with Gasteiger partial charge in [0.25, 0.3) is 0 Å². The molecule has 5 heteroatoms. The van der Waals surface area contributed by atoms with Crippen LogP contribution in [-0.2, 0) is 4.79 Å². The first kappa shape index (κ1) is 8.83. The molecule has 0 aromatic heterocycles. The van der Waals surface area contributed by atoms with E-state index in [1.165, 1.54) is 0 Å². The summed E-state index contributed by atoms with van der Waals surface area (Å²) >= 11 is 0. The molecule has 0 atom stereocenters. The molecule has 0 spiro atoms. The molecule has 0 aromatic rings. The van der Waals surface area contributed by atoms with Crippen LogP contribution in [0.25, 0.3) is 0 Å². The van der Waals surface area contributed by atoms with Crippen molar-refractivity contribution in [2.24, 2.45) is 5.92 Å². The van der Waals surface area contributed by atoms with Crippen molar-refractivity contribution in [2.75, 3.05) is 11.5 Å². The molecule has 1 saturated heterocycles. The molecule has 66 valence electrons. The van der Waals surface area contributed by atoms with Gasteiger partial charge in [-0.05, 0) is 12.8 Å². The molecular formula is C6H12O4S. The summed E-state index contributed by atoms with van der Waals surface area (Å²) in [5.74, 6) is -0.677. The Kier molecular flexibility index (Phi) is 2.41. The van der Waals surface area contributed by atoms with Crippen LogP contribution in [-0.4, -0.2) is 31.7 Å². The number of aliphatic carboxylic acids is 1. The standard InChI is InChI=1S/C6H12O4S/c7-6(8)5-1-3-11(9,10)4-2-5/h5,9-10H,1-4H2,(H,7,8). The lowest BCUT2D eigenvalue weighted by molar-refractivity contribution is -0.141. The summed E-state index contributed by atoms with van der Waals surface area (Å²) in [6.07, 6.45) is 0.801. The van der Waals surface area contributed by atoms with Crippen molar-refractivity contribution < 1.29 is 19.0 Å². The first-order valence-electron chi connectivity index (χ1n) is 3.48. The van der Waals surface area contributed by atoms with Crippen LogP contribution in [0.1, 0.15) is 12.8 Å². The van der Waals surface area contributed by atoms with Crippen molar-refractivity contribution in [3.05, 3.63) is 0 Å². The van der Waals surface area contributed by atoms with Crippen LogP contribution < -0.4 is 0 Å². The maximum absolute atomic E-state index is 10.4. The lowest BCUT2D eigenvalue weighted by Crippen LogP contribution is -2.25. The Morgan fingerprint density at radius 1 is 1.27 bits per heavy atom. The summed E-state index contributed by atoms with van der Waals surface area (Å²) < 4.78 is 18.2. The van der Waals surface area contributed by atoms with E-state index < -0.39 is 16.6 Å². The minimum Gasteiger partial charge on any atom is -0.481 e. The van der Waals surface area contributed by atoms with Crippen LogP contribution >= 0.6 is 10.6 Å². The highest BCUT2D eigenvalue weighted by Gasteiger charge is 2.28. The molecule has 0 saturated carbocycles. The smallest absolute Gasteiger partial charge is 0.306 e. The first-order chi connectivity index (χ1) is 5.01. The van der Waals surface area contributed by atoms with Crippen molar-refractivity contribution in [3.63, 3.8) is 0 Å². The molecule has 3 N–H and O–H groups in total. The van der Waals surface area contributed by atoms with Crippen LogP contribution in [0.4, 0.5) is 0 Å². The highest BCUT2D eigenvalue weighted by atomic mass is 32.3. The predicted molar refractivity (Wildman–Crippen MR) is 42.9 cm³/mol. The molecule has 0 radical (unpaired) electrons. The number of hydrogen-bond donors (Lipinski definition) is 3. The average Bonchev–Trinajstić information content (AvgIpc) is 1.86. The van der Waals surface area contributed by atoms with Gasteiger partial charge in [0.15, 0.2) is 0 Å². The third-order valence-corrected chi connectivity index (χ3v) is 3.71.